The molecule has 0 spiro atoms. The minimum atomic E-state index is -0.597. The number of phenols is 1. The second kappa shape index (κ2) is 6.21. The number of hydrogen-bond acceptors (Lipinski definition) is 3. The van der Waals surface area contributed by atoms with Gasteiger partial charge in [0.1, 0.15) is 5.75 Å². The highest BCUT2D eigenvalue weighted by atomic mass is 16.3. The van der Waals surface area contributed by atoms with Gasteiger partial charge in [-0.15, -0.1) is 0 Å². The molecule has 0 bridgehead atoms. The molecule has 0 aliphatic heterocycles. The van der Waals surface area contributed by atoms with Crippen molar-refractivity contribution in [3.05, 3.63) is 29.3 Å². The standard InChI is InChI=1S/C19H29NO2/c1-2-12-20-13-11-18-8-3-4-9-19(18,22)10-7-15-5-6-16(21)14-17(15)18/h5-6,14,20-22H,2-4,7-13H2,1H3/t18-,19+/m0/s1. The molecule has 3 nitrogen and oxygen atoms in total. The van der Waals surface area contributed by atoms with E-state index in [1.165, 1.54) is 17.5 Å². The van der Waals surface area contributed by atoms with E-state index in [9.17, 15) is 10.2 Å². The van der Waals surface area contributed by atoms with Crippen molar-refractivity contribution in [2.75, 3.05) is 13.1 Å². The number of nitrogens with one attached hydrogen (secondary N) is 1. The Morgan fingerprint density at radius 1 is 1.14 bits per heavy atom. The summed E-state index contributed by atoms with van der Waals surface area (Å²) in [6.07, 6.45) is 8.10. The van der Waals surface area contributed by atoms with Crippen LogP contribution >= 0.6 is 0 Å². The van der Waals surface area contributed by atoms with Gasteiger partial charge in [-0.05, 0) is 74.9 Å². The van der Waals surface area contributed by atoms with Gasteiger partial charge in [-0.25, -0.2) is 0 Å². The lowest BCUT2D eigenvalue weighted by atomic mass is 9.53. The van der Waals surface area contributed by atoms with Crippen LogP contribution in [-0.4, -0.2) is 28.9 Å². The third-order valence-corrected chi connectivity index (χ3v) is 5.91. The zero-order valence-electron chi connectivity index (χ0n) is 13.7. The summed E-state index contributed by atoms with van der Waals surface area (Å²) in [5, 5.41) is 24.9. The minimum Gasteiger partial charge on any atom is -0.508 e. The van der Waals surface area contributed by atoms with Gasteiger partial charge in [-0.2, -0.15) is 0 Å². The molecule has 2 aliphatic rings. The van der Waals surface area contributed by atoms with E-state index in [0.717, 1.165) is 58.0 Å². The van der Waals surface area contributed by atoms with E-state index < -0.39 is 5.60 Å². The molecule has 1 aromatic rings. The van der Waals surface area contributed by atoms with Crippen LogP contribution in [0.2, 0.25) is 0 Å². The van der Waals surface area contributed by atoms with E-state index >= 15 is 0 Å². The average molecular weight is 303 g/mol. The fraction of sp³-hybridized carbons (Fsp3) is 0.684. The first kappa shape index (κ1) is 15.8. The zero-order chi connectivity index (χ0) is 15.6. The maximum atomic E-state index is 11.4. The number of aryl methyl sites for hydroxylation is 1. The monoisotopic (exact) mass is 303 g/mol. The molecule has 3 rings (SSSR count). The summed E-state index contributed by atoms with van der Waals surface area (Å²) in [7, 11) is 0. The van der Waals surface area contributed by atoms with Crippen molar-refractivity contribution < 1.29 is 10.2 Å². The van der Waals surface area contributed by atoms with Crippen LogP contribution in [0.5, 0.6) is 5.75 Å². The normalized spacial score (nSPS) is 30.6. The van der Waals surface area contributed by atoms with Crippen LogP contribution in [0.15, 0.2) is 18.2 Å². The van der Waals surface area contributed by atoms with Crippen LogP contribution in [-0.2, 0) is 11.8 Å². The van der Waals surface area contributed by atoms with Gasteiger partial charge in [0.25, 0.3) is 0 Å². The van der Waals surface area contributed by atoms with Gasteiger partial charge in [0.05, 0.1) is 5.60 Å². The summed E-state index contributed by atoms with van der Waals surface area (Å²) >= 11 is 0. The number of rotatable bonds is 5. The second-order valence-corrected chi connectivity index (χ2v) is 7.16. The molecule has 0 aromatic heterocycles. The second-order valence-electron chi connectivity index (χ2n) is 7.16. The number of aromatic hydroxyl groups is 1. The Morgan fingerprint density at radius 3 is 2.77 bits per heavy atom. The fourth-order valence-corrected chi connectivity index (χ4v) is 4.73. The first-order valence-corrected chi connectivity index (χ1v) is 8.87. The third kappa shape index (κ3) is 2.55. The Morgan fingerprint density at radius 2 is 1.95 bits per heavy atom. The van der Waals surface area contributed by atoms with E-state index in [1.807, 2.05) is 6.07 Å². The molecule has 2 aliphatic carbocycles. The molecular weight excluding hydrogens is 274 g/mol. The van der Waals surface area contributed by atoms with Crippen LogP contribution in [0.1, 0.15) is 63.0 Å². The van der Waals surface area contributed by atoms with Crippen LogP contribution in [0.25, 0.3) is 0 Å². The number of phenolic OH excluding ortho intramolecular Hbond substituents is 1. The first-order valence-electron chi connectivity index (χ1n) is 8.87. The van der Waals surface area contributed by atoms with Gasteiger partial charge in [-0.1, -0.05) is 25.8 Å². The number of fused-ring (bicyclic) bond motifs is 3. The molecule has 1 aromatic carbocycles. The number of hydrogen-bond donors (Lipinski definition) is 3. The molecule has 3 N–H and O–H groups in total. The lowest BCUT2D eigenvalue weighted by Crippen LogP contribution is -2.57. The van der Waals surface area contributed by atoms with E-state index in [0.29, 0.717) is 5.75 Å². The Hall–Kier alpha value is -1.06. The summed E-state index contributed by atoms with van der Waals surface area (Å²) in [6, 6.07) is 5.76. The SMILES string of the molecule is CCCNCC[C@]12CCCC[C@@]1(O)CCc1ccc(O)cc12. The molecule has 0 unspecified atom stereocenters. The smallest absolute Gasteiger partial charge is 0.115 e. The van der Waals surface area contributed by atoms with Crippen molar-refractivity contribution in [3.63, 3.8) is 0 Å². The summed E-state index contributed by atoms with van der Waals surface area (Å²) in [5.41, 5.74) is 1.75. The number of benzene rings is 1. The lowest BCUT2D eigenvalue weighted by Gasteiger charge is -2.55. The van der Waals surface area contributed by atoms with Crippen molar-refractivity contribution >= 4 is 0 Å². The molecule has 22 heavy (non-hydrogen) atoms. The van der Waals surface area contributed by atoms with Gasteiger partial charge in [0.2, 0.25) is 0 Å². The average Bonchev–Trinajstić information content (AvgIpc) is 2.52. The van der Waals surface area contributed by atoms with E-state index in [1.54, 1.807) is 6.07 Å². The lowest BCUT2D eigenvalue weighted by molar-refractivity contribution is -0.0869. The van der Waals surface area contributed by atoms with E-state index in [-0.39, 0.29) is 5.41 Å². The number of aliphatic hydroxyl groups is 1. The van der Waals surface area contributed by atoms with E-state index in [4.69, 9.17) is 0 Å². The van der Waals surface area contributed by atoms with Gasteiger partial charge in [-0.3, -0.25) is 0 Å². The van der Waals surface area contributed by atoms with Crippen molar-refractivity contribution in [3.8, 4) is 5.75 Å². The molecule has 0 radical (unpaired) electrons. The molecule has 1 fully saturated rings. The van der Waals surface area contributed by atoms with Gasteiger partial charge in [0, 0.05) is 5.41 Å². The van der Waals surface area contributed by atoms with Crippen LogP contribution in [0.3, 0.4) is 0 Å². The van der Waals surface area contributed by atoms with Crippen LogP contribution in [0, 0.1) is 0 Å². The molecule has 1 saturated carbocycles. The van der Waals surface area contributed by atoms with Crippen molar-refractivity contribution in [1.82, 2.24) is 5.32 Å². The van der Waals surface area contributed by atoms with Crippen molar-refractivity contribution in [2.45, 2.75) is 69.3 Å². The molecule has 122 valence electrons. The highest BCUT2D eigenvalue weighted by Gasteiger charge is 2.54. The Bertz CT molecular complexity index is 530. The minimum absolute atomic E-state index is 0.182. The van der Waals surface area contributed by atoms with Gasteiger partial charge < -0.3 is 15.5 Å². The summed E-state index contributed by atoms with van der Waals surface area (Å²) < 4.78 is 0. The van der Waals surface area contributed by atoms with Crippen LogP contribution in [0.4, 0.5) is 0 Å². The largest absolute Gasteiger partial charge is 0.508 e. The van der Waals surface area contributed by atoms with Crippen LogP contribution < -0.4 is 5.32 Å². The Labute approximate surface area is 133 Å². The molecule has 2 atom stereocenters. The summed E-state index contributed by atoms with van der Waals surface area (Å²) in [5.74, 6) is 0.328. The quantitative estimate of drug-likeness (QED) is 0.732. The zero-order valence-corrected chi connectivity index (χ0v) is 13.7. The molecule has 0 amide bonds. The summed E-state index contributed by atoms with van der Waals surface area (Å²) in [4.78, 5) is 0. The predicted octanol–water partition coefficient (Wildman–Crippen LogP) is 3.27. The predicted molar refractivity (Wildman–Crippen MR) is 89.3 cm³/mol. The molecule has 3 heteroatoms. The fourth-order valence-electron chi connectivity index (χ4n) is 4.73. The Balaban J connectivity index is 1.97. The van der Waals surface area contributed by atoms with Crippen molar-refractivity contribution in [1.29, 1.82) is 0 Å². The first-order chi connectivity index (χ1) is 10.6. The maximum Gasteiger partial charge on any atom is 0.115 e. The molecular formula is C19H29NO2. The third-order valence-electron chi connectivity index (χ3n) is 5.91. The van der Waals surface area contributed by atoms with Gasteiger partial charge >= 0.3 is 0 Å². The van der Waals surface area contributed by atoms with Gasteiger partial charge in [0.15, 0.2) is 0 Å². The molecule has 0 heterocycles. The highest BCUT2D eigenvalue weighted by molar-refractivity contribution is 5.45. The topological polar surface area (TPSA) is 52.5 Å². The Kier molecular flexibility index (Phi) is 4.47. The van der Waals surface area contributed by atoms with E-state index in [2.05, 4.69) is 18.3 Å². The maximum absolute atomic E-state index is 11.4. The van der Waals surface area contributed by atoms with Crippen molar-refractivity contribution in [2.24, 2.45) is 0 Å². The molecule has 0 saturated heterocycles. The summed E-state index contributed by atoms with van der Waals surface area (Å²) in [6.45, 7) is 4.14. The highest BCUT2D eigenvalue weighted by Crippen LogP contribution is 2.55.